The Morgan fingerprint density at radius 1 is 1.22 bits per heavy atom. The number of carbonyl (C=O) groups excluding carboxylic acids is 2. The van der Waals surface area contributed by atoms with E-state index in [0.29, 0.717) is 19.6 Å². The molecule has 0 radical (unpaired) electrons. The number of amides is 3. The first-order valence-corrected chi connectivity index (χ1v) is 10.5. The number of anilines is 1. The second-order valence-electron chi connectivity index (χ2n) is 8.20. The molecule has 170 valence electrons. The van der Waals surface area contributed by atoms with Gasteiger partial charge in [-0.1, -0.05) is 24.3 Å². The molecule has 1 aliphatic heterocycles. The maximum absolute atomic E-state index is 12.7. The maximum atomic E-state index is 12.7. The van der Waals surface area contributed by atoms with Crippen LogP contribution in [0.15, 0.2) is 48.5 Å². The van der Waals surface area contributed by atoms with Crippen LogP contribution in [0.1, 0.15) is 36.1 Å². The van der Waals surface area contributed by atoms with E-state index in [1.807, 2.05) is 31.2 Å². The van der Waals surface area contributed by atoms with Crippen molar-refractivity contribution in [1.82, 2.24) is 10.6 Å². The van der Waals surface area contributed by atoms with Gasteiger partial charge in [-0.05, 0) is 61.1 Å². The lowest BCUT2D eigenvalue weighted by atomic mass is 10.1. The number of nitrogens with one attached hydrogen (secondary N) is 2. The maximum Gasteiger partial charge on any atom is 0.416 e. The van der Waals surface area contributed by atoms with E-state index in [9.17, 15) is 22.8 Å². The van der Waals surface area contributed by atoms with Gasteiger partial charge >= 0.3 is 18.3 Å². The Labute approximate surface area is 183 Å². The summed E-state index contributed by atoms with van der Waals surface area (Å²) in [5.74, 6) is 0.206. The molecule has 3 amide bonds. The Bertz CT molecular complexity index is 994. The fourth-order valence-corrected chi connectivity index (χ4v) is 3.86. The largest absolute Gasteiger partial charge is 0.447 e. The van der Waals surface area contributed by atoms with Gasteiger partial charge in [0.15, 0.2) is 0 Å². The van der Waals surface area contributed by atoms with E-state index < -0.39 is 11.7 Å². The van der Waals surface area contributed by atoms with E-state index in [0.717, 1.165) is 35.4 Å². The summed E-state index contributed by atoms with van der Waals surface area (Å²) in [6, 6.07) is 11.9. The van der Waals surface area contributed by atoms with E-state index in [1.165, 1.54) is 12.1 Å². The smallest absolute Gasteiger partial charge is 0.416 e. The molecule has 2 aromatic rings. The predicted molar refractivity (Wildman–Crippen MR) is 112 cm³/mol. The molecule has 0 bridgehead atoms. The molecular formula is C23H24F3N3O3. The normalized spacial score (nSPS) is 21.1. The third-order valence-electron chi connectivity index (χ3n) is 5.81. The van der Waals surface area contributed by atoms with Crippen LogP contribution in [-0.2, 0) is 17.3 Å². The van der Waals surface area contributed by atoms with Crippen molar-refractivity contribution >= 4 is 17.8 Å². The van der Waals surface area contributed by atoms with E-state index in [-0.39, 0.29) is 30.1 Å². The van der Waals surface area contributed by atoms with Crippen LogP contribution in [0.5, 0.6) is 0 Å². The third-order valence-corrected chi connectivity index (χ3v) is 5.81. The molecule has 1 saturated heterocycles. The van der Waals surface area contributed by atoms with Gasteiger partial charge in [-0.3, -0.25) is 4.90 Å². The van der Waals surface area contributed by atoms with Gasteiger partial charge in [0.1, 0.15) is 6.61 Å². The van der Waals surface area contributed by atoms with Crippen LogP contribution in [0.4, 0.5) is 28.4 Å². The molecule has 4 rings (SSSR count). The number of hydrogen-bond acceptors (Lipinski definition) is 3. The number of alkyl halides is 3. The fraction of sp³-hybridized carbons (Fsp3) is 0.391. The first kappa shape index (κ1) is 22.0. The highest BCUT2D eigenvalue weighted by atomic mass is 19.4. The van der Waals surface area contributed by atoms with Crippen molar-refractivity contribution in [3.8, 4) is 0 Å². The van der Waals surface area contributed by atoms with Crippen molar-refractivity contribution in [1.29, 1.82) is 0 Å². The van der Waals surface area contributed by atoms with Crippen LogP contribution in [-0.4, -0.2) is 31.3 Å². The van der Waals surface area contributed by atoms with Gasteiger partial charge in [0.05, 0.1) is 18.2 Å². The lowest BCUT2D eigenvalue weighted by Gasteiger charge is -2.18. The first-order chi connectivity index (χ1) is 15.2. The minimum Gasteiger partial charge on any atom is -0.447 e. The molecule has 1 heterocycles. The summed E-state index contributed by atoms with van der Waals surface area (Å²) in [5, 5.41) is 5.82. The molecule has 1 aliphatic carbocycles. The number of ether oxygens (including phenoxy) is 1. The molecule has 6 nitrogen and oxygen atoms in total. The van der Waals surface area contributed by atoms with Gasteiger partial charge in [0.25, 0.3) is 0 Å². The standard InChI is InChI=1S/C23H24F3N3O3/c1-14(16-3-2-4-19(12-16)29-9-10-32-22(29)31)27-21(30)28-20-13-17(20)11-15-5-7-18(8-6-15)23(24,25)26/h2-8,12,14,17,20H,9-11,13H2,1H3,(H2,27,28,30). The third kappa shape index (κ3) is 5.15. The lowest BCUT2D eigenvalue weighted by molar-refractivity contribution is -0.137. The summed E-state index contributed by atoms with van der Waals surface area (Å²) in [6.45, 7) is 2.70. The van der Waals surface area contributed by atoms with Crippen molar-refractivity contribution in [3.63, 3.8) is 0 Å². The number of nitrogens with zero attached hydrogens (tertiary/aromatic N) is 1. The highest BCUT2D eigenvalue weighted by Gasteiger charge is 2.38. The minimum absolute atomic E-state index is 0.00445. The minimum atomic E-state index is -4.34. The molecule has 3 atom stereocenters. The van der Waals surface area contributed by atoms with Crippen LogP contribution >= 0.6 is 0 Å². The Hall–Kier alpha value is -3.23. The number of urea groups is 1. The molecule has 1 saturated carbocycles. The Kier molecular flexibility index (Phi) is 5.99. The molecule has 2 aromatic carbocycles. The summed E-state index contributed by atoms with van der Waals surface area (Å²) >= 11 is 0. The summed E-state index contributed by atoms with van der Waals surface area (Å²) in [5.41, 5.74) is 1.73. The van der Waals surface area contributed by atoms with Gasteiger partial charge in [0.2, 0.25) is 0 Å². The molecule has 32 heavy (non-hydrogen) atoms. The highest BCUT2D eigenvalue weighted by molar-refractivity contribution is 5.89. The first-order valence-electron chi connectivity index (χ1n) is 10.5. The topological polar surface area (TPSA) is 70.7 Å². The zero-order valence-electron chi connectivity index (χ0n) is 17.5. The van der Waals surface area contributed by atoms with Crippen LogP contribution in [0, 0.1) is 5.92 Å². The molecule has 2 aliphatic rings. The molecule has 2 N–H and O–H groups in total. The average Bonchev–Trinajstić information content (AvgIpc) is 3.30. The quantitative estimate of drug-likeness (QED) is 0.677. The van der Waals surface area contributed by atoms with Gasteiger partial charge in [-0.25, -0.2) is 9.59 Å². The Morgan fingerprint density at radius 2 is 1.97 bits per heavy atom. The van der Waals surface area contributed by atoms with E-state index >= 15 is 0 Å². The van der Waals surface area contributed by atoms with Crippen molar-refractivity contribution in [2.24, 2.45) is 5.92 Å². The summed E-state index contributed by atoms with van der Waals surface area (Å²) in [4.78, 5) is 25.7. The van der Waals surface area contributed by atoms with Crippen molar-refractivity contribution in [2.45, 2.75) is 38.0 Å². The van der Waals surface area contributed by atoms with E-state index in [4.69, 9.17) is 4.74 Å². The Morgan fingerprint density at radius 3 is 2.62 bits per heavy atom. The summed E-state index contributed by atoms with van der Waals surface area (Å²) in [6.07, 6.45) is -3.32. The fourth-order valence-electron chi connectivity index (χ4n) is 3.86. The molecule has 9 heteroatoms. The van der Waals surface area contributed by atoms with Crippen molar-refractivity contribution in [2.75, 3.05) is 18.1 Å². The zero-order chi connectivity index (χ0) is 22.9. The monoisotopic (exact) mass is 447 g/mol. The van der Waals surface area contributed by atoms with E-state index in [2.05, 4.69) is 10.6 Å². The average molecular weight is 447 g/mol. The molecule has 3 unspecified atom stereocenters. The summed E-state index contributed by atoms with van der Waals surface area (Å²) < 4.78 is 43.0. The van der Waals surface area contributed by atoms with Crippen LogP contribution in [0.3, 0.4) is 0 Å². The number of rotatable bonds is 6. The number of cyclic esters (lactones) is 1. The Balaban J connectivity index is 1.26. The number of hydrogen-bond donors (Lipinski definition) is 2. The summed E-state index contributed by atoms with van der Waals surface area (Å²) in [7, 11) is 0. The SMILES string of the molecule is CC(NC(=O)NC1CC1Cc1ccc(C(F)(F)F)cc1)c1cccc(N2CCOC2=O)c1. The lowest BCUT2D eigenvalue weighted by Crippen LogP contribution is -2.39. The number of halogens is 3. The molecule has 0 spiro atoms. The molecular weight excluding hydrogens is 423 g/mol. The van der Waals surface area contributed by atoms with Crippen molar-refractivity contribution < 1.29 is 27.5 Å². The molecule has 0 aromatic heterocycles. The van der Waals surface area contributed by atoms with Gasteiger partial charge in [-0.15, -0.1) is 0 Å². The van der Waals surface area contributed by atoms with E-state index in [1.54, 1.807) is 4.90 Å². The zero-order valence-corrected chi connectivity index (χ0v) is 17.5. The van der Waals surface area contributed by atoms with Crippen molar-refractivity contribution in [3.05, 3.63) is 65.2 Å². The van der Waals surface area contributed by atoms with Crippen LogP contribution in [0.25, 0.3) is 0 Å². The predicted octanol–water partition coefficient (Wildman–Crippen LogP) is 4.65. The van der Waals surface area contributed by atoms with Gasteiger partial charge in [0, 0.05) is 11.7 Å². The number of carbonyl (C=O) groups is 2. The second-order valence-corrected chi connectivity index (χ2v) is 8.20. The number of benzene rings is 2. The van der Waals surface area contributed by atoms with Crippen LogP contribution in [0.2, 0.25) is 0 Å². The highest BCUT2D eigenvalue weighted by Crippen LogP contribution is 2.35. The second kappa shape index (κ2) is 8.72. The van der Waals surface area contributed by atoms with Crippen LogP contribution < -0.4 is 15.5 Å². The van der Waals surface area contributed by atoms with Gasteiger partial charge in [-0.2, -0.15) is 13.2 Å². The molecule has 2 fully saturated rings. The van der Waals surface area contributed by atoms with Gasteiger partial charge < -0.3 is 15.4 Å².